The van der Waals surface area contributed by atoms with E-state index in [1.165, 1.54) is 0 Å². The minimum atomic E-state index is -4.56. The minimum Gasteiger partial charge on any atom is -0.496 e. The van der Waals surface area contributed by atoms with Crippen LogP contribution in [0.4, 0.5) is 0 Å². The van der Waals surface area contributed by atoms with E-state index >= 15 is 9.13 Å². The summed E-state index contributed by atoms with van der Waals surface area (Å²) in [6, 6.07) is 23.6. The van der Waals surface area contributed by atoms with Crippen molar-refractivity contribution in [2.75, 3.05) is 41.7 Å². The Morgan fingerprint density at radius 2 is 0.646 bits per heavy atom. The Balaban J connectivity index is 1.99. The second-order valence-corrected chi connectivity index (χ2v) is 40.8. The van der Waals surface area contributed by atoms with Gasteiger partial charge in [0.25, 0.3) is 0 Å². The summed E-state index contributed by atoms with van der Waals surface area (Å²) in [5, 5.41) is 2.88. The molecule has 6 aromatic rings. The molecule has 0 aliphatic heterocycles. The van der Waals surface area contributed by atoms with Gasteiger partial charge in [-0.05, 0) is 149 Å². The van der Waals surface area contributed by atoms with Crippen LogP contribution >= 0.6 is 37.5 Å². The Morgan fingerprint density at radius 1 is 0.396 bits per heavy atom. The Labute approximate surface area is 588 Å². The number of carbonyl (C=O) groups is 1. The van der Waals surface area contributed by atoms with E-state index in [1.807, 2.05) is 36.4 Å². The maximum Gasteiger partial charge on any atom is 0.344 e. The first kappa shape index (κ1) is 78.0. The summed E-state index contributed by atoms with van der Waals surface area (Å²) in [5.74, 6) is 2.32. The fourth-order valence-corrected chi connectivity index (χ4v) is 19.6. The van der Waals surface area contributed by atoms with Gasteiger partial charge in [-0.2, -0.15) is 0 Å². The van der Waals surface area contributed by atoms with E-state index in [9.17, 15) is 4.79 Å². The van der Waals surface area contributed by atoms with Crippen molar-refractivity contribution < 1.29 is 47.1 Å². The Bertz CT molecular complexity index is 3670. The van der Waals surface area contributed by atoms with Gasteiger partial charge in [0.05, 0.1) is 51.2 Å². The summed E-state index contributed by atoms with van der Waals surface area (Å²) in [5.41, 5.74) is 2.75. The molecule has 0 saturated heterocycles. The third-order valence-corrected chi connectivity index (χ3v) is 25.2. The molecular weight excluding hydrogens is 1280 g/mol. The molecule has 6 aromatic carbocycles. The van der Waals surface area contributed by atoms with Gasteiger partial charge in [0, 0.05) is 87.5 Å². The SMILES string of the molecule is CCOC(=O)COc1c(Cl)ccc(P(=O)(c2cc(C(C)(C)C)c(OC)c(C(C)(C)C)c2)c2cc(C(C)(C)C)c(OC)c(C(C)(C)C)c2)c1-c1c(P(=O)(c2cc(C(C)(C)C)c(OC)c(C(C)(C)C)c2)c2cc(C(C)(C)C)c(OC)c(C(C)(C)C)c2)ccc(Cl)c1OC1CCCCC1. The zero-order chi connectivity index (χ0) is 72.4. The van der Waals surface area contributed by atoms with Crippen LogP contribution in [0, 0.1) is 0 Å². The van der Waals surface area contributed by atoms with Crippen LogP contribution in [0.5, 0.6) is 34.5 Å². The van der Waals surface area contributed by atoms with Crippen molar-refractivity contribution in [3.05, 3.63) is 127 Å². The van der Waals surface area contributed by atoms with Crippen molar-refractivity contribution in [3.8, 4) is 45.6 Å². The predicted molar refractivity (Wildman–Crippen MR) is 406 cm³/mol. The molecule has 7 rings (SSSR count). The normalized spacial score (nSPS) is 14.4. The summed E-state index contributed by atoms with van der Waals surface area (Å²) in [6.07, 6.45) is 3.92. The number of carbonyl (C=O) groups excluding carboxylic acids is 1. The highest BCUT2D eigenvalue weighted by Crippen LogP contribution is 2.59. The molecule has 1 aliphatic rings. The van der Waals surface area contributed by atoms with E-state index in [1.54, 1.807) is 47.5 Å². The van der Waals surface area contributed by atoms with E-state index in [0.717, 1.165) is 63.8 Å². The molecule has 96 heavy (non-hydrogen) atoms. The van der Waals surface area contributed by atoms with E-state index in [2.05, 4.69) is 190 Å². The van der Waals surface area contributed by atoms with Crippen molar-refractivity contribution in [2.45, 2.75) is 255 Å². The van der Waals surface area contributed by atoms with Gasteiger partial charge in [-0.3, -0.25) is 0 Å². The molecule has 1 fully saturated rings. The lowest BCUT2D eigenvalue weighted by Gasteiger charge is -2.36. The Hall–Kier alpha value is -5.37. The number of ether oxygens (including phenoxy) is 7. The third-order valence-electron chi connectivity index (χ3n) is 18.6. The molecular formula is C82H114Cl2O10P2. The average molecular weight is 1390 g/mol. The lowest BCUT2D eigenvalue weighted by Crippen LogP contribution is -2.35. The fourth-order valence-electron chi connectivity index (χ4n) is 13.4. The van der Waals surface area contributed by atoms with Gasteiger partial charge in [0.15, 0.2) is 20.9 Å². The van der Waals surface area contributed by atoms with E-state index in [-0.39, 0.29) is 50.7 Å². The molecule has 0 spiro atoms. The quantitative estimate of drug-likeness (QED) is 0.0646. The molecule has 0 atom stereocenters. The molecule has 14 heteroatoms. The summed E-state index contributed by atoms with van der Waals surface area (Å²) in [6.45, 7) is 52.6. The largest absolute Gasteiger partial charge is 0.496 e. The monoisotopic (exact) mass is 1390 g/mol. The molecule has 10 nitrogen and oxygen atoms in total. The van der Waals surface area contributed by atoms with E-state index in [0.29, 0.717) is 62.4 Å². The minimum absolute atomic E-state index is 0.00630. The number of halogens is 2. The molecule has 0 heterocycles. The topological polar surface area (TPSA) is 116 Å². The average Bonchev–Trinajstić information content (AvgIpc) is 0.708. The van der Waals surface area contributed by atoms with Gasteiger partial charge in [-0.1, -0.05) is 196 Å². The first-order valence-corrected chi connectivity index (χ1v) is 38.4. The lowest BCUT2D eigenvalue weighted by atomic mass is 9.79. The van der Waals surface area contributed by atoms with Crippen molar-refractivity contribution >= 4 is 75.3 Å². The van der Waals surface area contributed by atoms with Crippen molar-refractivity contribution in [1.82, 2.24) is 0 Å². The summed E-state index contributed by atoms with van der Waals surface area (Å²) >= 11 is 15.8. The van der Waals surface area contributed by atoms with Gasteiger partial charge in [0.1, 0.15) is 34.5 Å². The number of hydrogen-bond acceptors (Lipinski definition) is 10. The van der Waals surface area contributed by atoms with Crippen molar-refractivity contribution in [1.29, 1.82) is 0 Å². The van der Waals surface area contributed by atoms with Crippen LogP contribution in [-0.2, 0) is 62.0 Å². The number of hydrogen-bond donors (Lipinski definition) is 0. The van der Waals surface area contributed by atoms with Crippen LogP contribution < -0.4 is 60.2 Å². The lowest BCUT2D eigenvalue weighted by molar-refractivity contribution is -0.145. The summed E-state index contributed by atoms with van der Waals surface area (Å²) in [4.78, 5) is 14.1. The van der Waals surface area contributed by atoms with Crippen molar-refractivity contribution in [2.24, 2.45) is 0 Å². The molecule has 0 aromatic heterocycles. The number of rotatable bonds is 17. The fraction of sp³-hybridized carbons (Fsp3) is 0.549. The maximum absolute atomic E-state index is 19.5. The molecule has 0 radical (unpaired) electrons. The second kappa shape index (κ2) is 28.0. The molecule has 1 aliphatic carbocycles. The second-order valence-electron chi connectivity index (χ2n) is 34.5. The molecule has 1 saturated carbocycles. The number of benzene rings is 6. The zero-order valence-electron chi connectivity index (χ0n) is 63.7. The first-order chi connectivity index (χ1) is 44.0. The van der Waals surface area contributed by atoms with Gasteiger partial charge >= 0.3 is 5.97 Å². The molecule has 0 bridgehead atoms. The van der Waals surface area contributed by atoms with Crippen LogP contribution in [0.15, 0.2) is 72.8 Å². The zero-order valence-corrected chi connectivity index (χ0v) is 67.0. The number of esters is 1. The van der Waals surface area contributed by atoms with Crippen LogP contribution in [0.2, 0.25) is 10.0 Å². The summed E-state index contributed by atoms with van der Waals surface area (Å²) in [7, 11) is -2.29. The van der Waals surface area contributed by atoms with Gasteiger partial charge in [0.2, 0.25) is 0 Å². The molecule has 0 amide bonds. The smallest absolute Gasteiger partial charge is 0.344 e. The van der Waals surface area contributed by atoms with Crippen molar-refractivity contribution in [3.63, 3.8) is 0 Å². The highest BCUT2D eigenvalue weighted by atomic mass is 35.5. The highest BCUT2D eigenvalue weighted by molar-refractivity contribution is 7.86. The van der Waals surface area contributed by atoms with E-state index in [4.69, 9.17) is 56.4 Å². The van der Waals surface area contributed by atoms with Gasteiger partial charge in [-0.25, -0.2) is 4.79 Å². The van der Waals surface area contributed by atoms with Crippen LogP contribution in [0.3, 0.4) is 0 Å². The van der Waals surface area contributed by atoms with Gasteiger partial charge in [-0.15, -0.1) is 0 Å². The highest BCUT2D eigenvalue weighted by Gasteiger charge is 2.46. The van der Waals surface area contributed by atoms with Crippen LogP contribution in [0.1, 0.15) is 250 Å². The Kier molecular flexibility index (Phi) is 22.7. The van der Waals surface area contributed by atoms with Gasteiger partial charge < -0.3 is 42.3 Å². The molecule has 0 unspecified atom stereocenters. The molecule has 0 N–H and O–H groups in total. The molecule has 526 valence electrons. The van der Waals surface area contributed by atoms with Crippen LogP contribution in [-0.4, -0.2) is 53.7 Å². The van der Waals surface area contributed by atoms with Crippen LogP contribution in [0.25, 0.3) is 11.1 Å². The standard InChI is InChI=1S/C82H114Cl2O10P2/c1-30-92-66(85)48-93-73-62(83)36-38-64(95(86,50-40-54(75(2,3)4)69(88-26)55(41-50)76(5,6)7)51-42-56(77(8,9)10)70(89-27)57(43-51)78(11,12)13)67(73)68-65(39-37-63(84)74(68)94-49-34-32-31-33-35-49)96(87,52-44-58(79(14,15)16)71(90-28)59(45-52)80(17,18)19)53-46-60(81(20,21)22)72(91-29)61(47-53)82(23,24)25/h36-47,49H,30-35,48H2,1-29H3. The number of methoxy groups -OCH3 is 4. The first-order valence-electron chi connectivity index (χ1n) is 34.2. The predicted octanol–water partition coefficient (Wildman–Crippen LogP) is 20.0. The van der Waals surface area contributed by atoms with E-state index < -0.39 is 70.2 Å². The summed E-state index contributed by atoms with van der Waals surface area (Å²) < 4.78 is 85.1. The third kappa shape index (κ3) is 15.6. The Morgan fingerprint density at radius 3 is 0.885 bits per heavy atom. The maximum atomic E-state index is 19.5.